The van der Waals surface area contributed by atoms with E-state index in [1.165, 1.54) is 24.9 Å². The van der Waals surface area contributed by atoms with Gasteiger partial charge in [-0.25, -0.2) is 14.6 Å². The molecular formula is C25H22ClN5O5. The smallest absolute Gasteiger partial charge is 0.303 e. The number of rotatable bonds is 6. The highest BCUT2D eigenvalue weighted by Crippen LogP contribution is 2.38. The van der Waals surface area contributed by atoms with Crippen molar-refractivity contribution in [2.24, 2.45) is 0 Å². The van der Waals surface area contributed by atoms with Crippen LogP contribution in [0.1, 0.15) is 20.1 Å². The summed E-state index contributed by atoms with van der Waals surface area (Å²) in [6.07, 6.45) is -1.19. The molecule has 0 radical (unpaired) electrons. The highest BCUT2D eigenvalue weighted by molar-refractivity contribution is 6.30. The van der Waals surface area contributed by atoms with Crippen molar-refractivity contribution in [1.29, 1.82) is 0 Å². The first-order valence-electron chi connectivity index (χ1n) is 11.2. The van der Waals surface area contributed by atoms with E-state index in [1.807, 2.05) is 42.5 Å². The molecule has 0 saturated carbocycles. The molecule has 0 aliphatic carbocycles. The predicted octanol–water partition coefficient (Wildman–Crippen LogP) is 4.28. The molecule has 10 nitrogen and oxygen atoms in total. The van der Waals surface area contributed by atoms with Crippen molar-refractivity contribution < 1.29 is 23.8 Å². The Morgan fingerprint density at radius 2 is 1.75 bits per heavy atom. The van der Waals surface area contributed by atoms with Crippen LogP contribution in [0.25, 0.3) is 22.3 Å². The van der Waals surface area contributed by atoms with Gasteiger partial charge in [0.1, 0.15) is 17.8 Å². The monoisotopic (exact) mass is 507 g/mol. The van der Waals surface area contributed by atoms with Gasteiger partial charge < -0.3 is 19.5 Å². The summed E-state index contributed by atoms with van der Waals surface area (Å²) in [5.74, 6) is -0.519. The number of hydrogen-bond donors (Lipinski definition) is 1. The molecule has 1 aliphatic rings. The van der Waals surface area contributed by atoms with E-state index < -0.39 is 30.4 Å². The van der Waals surface area contributed by atoms with Gasteiger partial charge in [-0.15, -0.1) is 0 Å². The number of anilines is 2. The molecule has 1 fully saturated rings. The van der Waals surface area contributed by atoms with Crippen molar-refractivity contribution in [2.75, 3.05) is 11.9 Å². The lowest BCUT2D eigenvalue weighted by molar-refractivity contribution is -0.165. The number of carbonyl (C=O) groups is 2. The normalized spacial score (nSPS) is 19.2. The zero-order valence-corrected chi connectivity index (χ0v) is 20.2. The highest BCUT2D eigenvalue weighted by Gasteiger charge is 2.45. The number of esters is 2. The second-order valence-corrected chi connectivity index (χ2v) is 8.59. The number of para-hydroxylation sites is 1. The Hall–Kier alpha value is -4.02. The van der Waals surface area contributed by atoms with E-state index in [9.17, 15) is 9.59 Å². The summed E-state index contributed by atoms with van der Waals surface area (Å²) in [4.78, 5) is 32.5. The summed E-state index contributed by atoms with van der Waals surface area (Å²) in [6, 6.07) is 16.8. The summed E-state index contributed by atoms with van der Waals surface area (Å²) >= 11 is 6.12. The van der Waals surface area contributed by atoms with Crippen LogP contribution in [0.3, 0.4) is 0 Å². The minimum absolute atomic E-state index is 0.0278. The van der Waals surface area contributed by atoms with E-state index in [4.69, 9.17) is 30.9 Å². The lowest BCUT2D eigenvalue weighted by Gasteiger charge is -2.22. The van der Waals surface area contributed by atoms with Crippen molar-refractivity contribution >= 4 is 46.1 Å². The number of ether oxygens (including phenoxy) is 3. The van der Waals surface area contributed by atoms with Gasteiger partial charge in [-0.05, 0) is 24.3 Å². The maximum absolute atomic E-state index is 11.9. The Morgan fingerprint density at radius 3 is 2.44 bits per heavy atom. The third-order valence-corrected chi connectivity index (χ3v) is 5.83. The summed E-state index contributed by atoms with van der Waals surface area (Å²) in [5, 5.41) is 9.36. The fraction of sp³-hybridized carbons (Fsp3) is 0.240. The van der Waals surface area contributed by atoms with Gasteiger partial charge in [0.2, 0.25) is 0 Å². The van der Waals surface area contributed by atoms with Crippen molar-refractivity contribution in [3.63, 3.8) is 0 Å². The van der Waals surface area contributed by atoms with Gasteiger partial charge in [-0.1, -0.05) is 41.9 Å². The largest absolute Gasteiger partial charge is 0.456 e. The SMILES string of the molecule is CC(=O)O[C@H]1[C@H](n2nc(-c3ccc(Cl)cc3)c3c(Nc4ccccc4)ncnc32)OC[C@H]1OC(C)=O. The molecule has 2 aromatic carbocycles. The molecule has 0 unspecified atom stereocenters. The quantitative estimate of drug-likeness (QED) is 0.381. The second-order valence-electron chi connectivity index (χ2n) is 8.16. The molecule has 184 valence electrons. The Labute approximate surface area is 211 Å². The van der Waals surface area contributed by atoms with Crippen LogP contribution >= 0.6 is 11.6 Å². The van der Waals surface area contributed by atoms with Crippen molar-refractivity contribution in [3.05, 3.63) is 65.9 Å². The van der Waals surface area contributed by atoms with E-state index in [0.717, 1.165) is 11.3 Å². The van der Waals surface area contributed by atoms with Gasteiger partial charge in [0.05, 0.1) is 12.0 Å². The van der Waals surface area contributed by atoms with Crippen LogP contribution in [0, 0.1) is 0 Å². The van der Waals surface area contributed by atoms with Crippen molar-refractivity contribution in [2.45, 2.75) is 32.3 Å². The van der Waals surface area contributed by atoms with Crippen molar-refractivity contribution in [1.82, 2.24) is 19.7 Å². The summed E-state index contributed by atoms with van der Waals surface area (Å²) in [7, 11) is 0. The van der Waals surface area contributed by atoms with Crippen LogP contribution in [0.2, 0.25) is 5.02 Å². The number of nitrogens with zero attached hydrogens (tertiary/aromatic N) is 4. The summed E-state index contributed by atoms with van der Waals surface area (Å²) < 4.78 is 18.4. The van der Waals surface area contributed by atoms with Crippen LogP contribution < -0.4 is 5.32 Å². The molecule has 5 rings (SSSR count). The van der Waals surface area contributed by atoms with Gasteiger partial charge in [0.25, 0.3) is 0 Å². The third-order valence-electron chi connectivity index (χ3n) is 5.58. The Bertz CT molecular complexity index is 1410. The molecule has 1 N–H and O–H groups in total. The lowest BCUT2D eigenvalue weighted by Crippen LogP contribution is -2.36. The molecule has 0 bridgehead atoms. The lowest BCUT2D eigenvalue weighted by atomic mass is 10.1. The van der Waals surface area contributed by atoms with E-state index in [0.29, 0.717) is 27.6 Å². The van der Waals surface area contributed by atoms with Gasteiger partial charge >= 0.3 is 11.9 Å². The van der Waals surface area contributed by atoms with E-state index in [1.54, 1.807) is 12.1 Å². The van der Waals surface area contributed by atoms with Crippen LogP contribution in [0.15, 0.2) is 60.9 Å². The van der Waals surface area contributed by atoms with Gasteiger partial charge in [0, 0.05) is 30.1 Å². The highest BCUT2D eigenvalue weighted by atomic mass is 35.5. The number of benzene rings is 2. The average molecular weight is 508 g/mol. The Kier molecular flexibility index (Phi) is 6.53. The van der Waals surface area contributed by atoms with Crippen LogP contribution in [0.4, 0.5) is 11.5 Å². The maximum atomic E-state index is 11.9. The predicted molar refractivity (Wildman–Crippen MR) is 132 cm³/mol. The molecule has 2 aromatic heterocycles. The molecule has 3 heterocycles. The van der Waals surface area contributed by atoms with Gasteiger partial charge in [0.15, 0.2) is 24.1 Å². The number of nitrogens with one attached hydrogen (secondary N) is 1. The number of aromatic nitrogens is 4. The van der Waals surface area contributed by atoms with Crippen LogP contribution in [0.5, 0.6) is 0 Å². The molecule has 1 saturated heterocycles. The molecule has 0 amide bonds. The number of hydrogen-bond acceptors (Lipinski definition) is 9. The molecule has 0 spiro atoms. The minimum Gasteiger partial charge on any atom is -0.456 e. The minimum atomic E-state index is -0.923. The first kappa shape index (κ1) is 23.7. The summed E-state index contributed by atoms with van der Waals surface area (Å²) in [5.41, 5.74) is 2.62. The van der Waals surface area contributed by atoms with Crippen LogP contribution in [-0.2, 0) is 23.8 Å². The average Bonchev–Trinajstić information content (AvgIpc) is 3.41. The Morgan fingerprint density at radius 1 is 1.03 bits per heavy atom. The first-order chi connectivity index (χ1) is 17.4. The molecular weight excluding hydrogens is 486 g/mol. The molecule has 1 aliphatic heterocycles. The number of fused-ring (bicyclic) bond motifs is 1. The zero-order chi connectivity index (χ0) is 25.2. The Balaban J connectivity index is 1.66. The van der Waals surface area contributed by atoms with E-state index in [2.05, 4.69) is 15.3 Å². The molecule has 36 heavy (non-hydrogen) atoms. The fourth-order valence-corrected chi connectivity index (χ4v) is 4.26. The molecule has 4 aromatic rings. The van der Waals surface area contributed by atoms with Gasteiger partial charge in [-0.2, -0.15) is 5.10 Å². The van der Waals surface area contributed by atoms with Crippen molar-refractivity contribution in [3.8, 4) is 11.3 Å². The van der Waals surface area contributed by atoms with E-state index in [-0.39, 0.29) is 6.61 Å². The second kappa shape index (κ2) is 9.92. The number of carbonyl (C=O) groups excluding carboxylic acids is 2. The third kappa shape index (κ3) is 4.73. The van der Waals surface area contributed by atoms with E-state index >= 15 is 0 Å². The topological polar surface area (TPSA) is 117 Å². The zero-order valence-electron chi connectivity index (χ0n) is 19.4. The van der Waals surface area contributed by atoms with Crippen LogP contribution in [-0.4, -0.2) is 50.5 Å². The molecule has 11 heteroatoms. The van der Waals surface area contributed by atoms with Gasteiger partial charge in [-0.3, -0.25) is 9.59 Å². The maximum Gasteiger partial charge on any atom is 0.303 e. The fourth-order valence-electron chi connectivity index (χ4n) is 4.13. The standard InChI is InChI=1S/C25H22ClN5O5/c1-14(32)35-19-12-34-25(22(19)36-15(2)33)31-24-20(21(30-31)16-8-10-17(26)11-9-16)23(27-13-28-24)29-18-6-4-3-5-7-18/h3-11,13,19,22,25H,12H2,1-2H3,(H,27,28,29)/t19-,22-,25-/m1/s1. The first-order valence-corrected chi connectivity index (χ1v) is 11.6. The number of halogens is 1. The summed E-state index contributed by atoms with van der Waals surface area (Å²) in [6.45, 7) is 2.60. The molecule has 3 atom stereocenters.